The maximum Gasteiger partial charge on any atom is 0.131 e. The first-order valence-corrected chi connectivity index (χ1v) is 7.19. The Morgan fingerprint density at radius 3 is 2.56 bits per heavy atom. The second-order valence-electron chi connectivity index (χ2n) is 4.26. The van der Waals surface area contributed by atoms with Crippen molar-refractivity contribution in [2.45, 2.75) is 19.2 Å². The van der Waals surface area contributed by atoms with Crippen molar-refractivity contribution in [1.82, 2.24) is 0 Å². The van der Waals surface area contributed by atoms with Gasteiger partial charge in [0.15, 0.2) is 0 Å². The van der Waals surface area contributed by atoms with E-state index in [0.29, 0.717) is 5.02 Å². The lowest BCUT2D eigenvalue weighted by atomic mass is 10.1. The molecule has 2 aromatic carbocycles. The van der Waals surface area contributed by atoms with Crippen LogP contribution in [-0.2, 0) is 5.33 Å². The van der Waals surface area contributed by atoms with Crippen LogP contribution < -0.4 is 4.74 Å². The molecule has 0 spiro atoms. The molecule has 0 aliphatic carbocycles. The fraction of sp³-hybridized carbons (Fsp3) is 0.200. The summed E-state index contributed by atoms with van der Waals surface area (Å²) in [5.41, 5.74) is 3.43. The molecule has 0 amide bonds. The van der Waals surface area contributed by atoms with Gasteiger partial charge >= 0.3 is 0 Å². The van der Waals surface area contributed by atoms with Gasteiger partial charge in [-0.1, -0.05) is 51.3 Å². The fourth-order valence-corrected chi connectivity index (χ4v) is 2.31. The van der Waals surface area contributed by atoms with Gasteiger partial charge in [-0.25, -0.2) is 0 Å². The van der Waals surface area contributed by atoms with Crippen LogP contribution in [0.2, 0.25) is 5.02 Å². The lowest BCUT2D eigenvalue weighted by molar-refractivity contribution is 0.475. The van der Waals surface area contributed by atoms with Gasteiger partial charge < -0.3 is 4.74 Å². The minimum absolute atomic E-state index is 0.683. The molecular formula is C15H14BrClO. The molecule has 0 N–H and O–H groups in total. The Balaban J connectivity index is 2.36. The lowest BCUT2D eigenvalue weighted by Crippen LogP contribution is -1.92. The van der Waals surface area contributed by atoms with Gasteiger partial charge in [-0.3, -0.25) is 0 Å². The first-order valence-electron chi connectivity index (χ1n) is 5.69. The summed E-state index contributed by atoms with van der Waals surface area (Å²) >= 11 is 9.48. The molecule has 0 fully saturated rings. The molecule has 3 heteroatoms. The number of halogens is 2. The summed E-state index contributed by atoms with van der Waals surface area (Å²) in [5.74, 6) is 1.66. The van der Waals surface area contributed by atoms with Crippen molar-refractivity contribution in [2.24, 2.45) is 0 Å². The number of benzene rings is 2. The molecular weight excluding hydrogens is 312 g/mol. The zero-order chi connectivity index (χ0) is 13.1. The summed E-state index contributed by atoms with van der Waals surface area (Å²) in [4.78, 5) is 0. The third-order valence-corrected chi connectivity index (χ3v) is 3.57. The largest absolute Gasteiger partial charge is 0.457 e. The molecule has 0 atom stereocenters. The molecule has 18 heavy (non-hydrogen) atoms. The van der Waals surface area contributed by atoms with E-state index in [0.717, 1.165) is 28.0 Å². The summed E-state index contributed by atoms with van der Waals surface area (Å²) in [6, 6.07) is 11.8. The van der Waals surface area contributed by atoms with E-state index in [1.54, 1.807) is 0 Å². The van der Waals surface area contributed by atoms with Crippen molar-refractivity contribution in [2.75, 3.05) is 0 Å². The number of hydrogen-bond acceptors (Lipinski definition) is 1. The predicted molar refractivity (Wildman–Crippen MR) is 80.1 cm³/mol. The fourth-order valence-electron chi connectivity index (χ4n) is 1.71. The monoisotopic (exact) mass is 324 g/mol. The Bertz CT molecular complexity index is 566. The van der Waals surface area contributed by atoms with Crippen molar-refractivity contribution < 1.29 is 4.74 Å². The Morgan fingerprint density at radius 1 is 1.06 bits per heavy atom. The Morgan fingerprint density at radius 2 is 1.83 bits per heavy atom. The number of rotatable bonds is 3. The maximum atomic E-state index is 5.99. The molecule has 0 heterocycles. The second kappa shape index (κ2) is 5.77. The Hall–Kier alpha value is -0.990. The summed E-state index contributed by atoms with van der Waals surface area (Å²) < 4.78 is 5.95. The highest BCUT2D eigenvalue weighted by atomic mass is 79.9. The third kappa shape index (κ3) is 3.06. The summed E-state index contributed by atoms with van der Waals surface area (Å²) in [6.45, 7) is 4.08. The average Bonchev–Trinajstić information content (AvgIpc) is 2.36. The Labute approximate surface area is 121 Å². The molecule has 0 aromatic heterocycles. The normalized spacial score (nSPS) is 10.4. The SMILES string of the molecule is Cc1ccc(Oc2cc(Cl)ccc2C)c(CBr)c1. The number of aryl methyl sites for hydroxylation is 2. The van der Waals surface area contributed by atoms with Gasteiger partial charge in [0.05, 0.1) is 0 Å². The average molecular weight is 326 g/mol. The van der Waals surface area contributed by atoms with E-state index < -0.39 is 0 Å². The molecule has 94 valence electrons. The standard InChI is InChI=1S/C15H14BrClO/c1-10-3-6-14(12(7-10)9-16)18-15-8-13(17)5-4-11(15)2/h3-8H,9H2,1-2H3. The van der Waals surface area contributed by atoms with Crippen molar-refractivity contribution in [3.63, 3.8) is 0 Å². The van der Waals surface area contributed by atoms with Crippen LogP contribution in [0.5, 0.6) is 11.5 Å². The lowest BCUT2D eigenvalue weighted by Gasteiger charge is -2.12. The molecule has 1 nitrogen and oxygen atoms in total. The minimum atomic E-state index is 0.683. The van der Waals surface area contributed by atoms with E-state index in [1.165, 1.54) is 5.56 Å². The van der Waals surface area contributed by atoms with E-state index >= 15 is 0 Å². The maximum absolute atomic E-state index is 5.99. The van der Waals surface area contributed by atoms with Gasteiger partial charge in [0.25, 0.3) is 0 Å². The quantitative estimate of drug-likeness (QED) is 0.663. The minimum Gasteiger partial charge on any atom is -0.457 e. The van der Waals surface area contributed by atoms with Crippen molar-refractivity contribution in [3.05, 3.63) is 58.1 Å². The van der Waals surface area contributed by atoms with E-state index in [1.807, 2.05) is 37.3 Å². The van der Waals surface area contributed by atoms with E-state index in [-0.39, 0.29) is 0 Å². The van der Waals surface area contributed by atoms with Crippen LogP contribution in [0.1, 0.15) is 16.7 Å². The molecule has 0 aliphatic heterocycles. The number of ether oxygens (including phenoxy) is 1. The van der Waals surface area contributed by atoms with E-state index in [9.17, 15) is 0 Å². The highest BCUT2D eigenvalue weighted by molar-refractivity contribution is 9.08. The van der Waals surface area contributed by atoms with Gasteiger partial charge in [0.1, 0.15) is 11.5 Å². The van der Waals surface area contributed by atoms with Crippen LogP contribution in [0, 0.1) is 13.8 Å². The molecule has 0 saturated carbocycles. The molecule has 2 rings (SSSR count). The summed E-state index contributed by atoms with van der Waals surface area (Å²) in [5, 5.41) is 1.45. The van der Waals surface area contributed by atoms with Crippen LogP contribution in [-0.4, -0.2) is 0 Å². The smallest absolute Gasteiger partial charge is 0.131 e. The summed E-state index contributed by atoms with van der Waals surface area (Å²) in [7, 11) is 0. The molecule has 0 unspecified atom stereocenters. The van der Waals surface area contributed by atoms with Gasteiger partial charge in [-0.2, -0.15) is 0 Å². The molecule has 0 bridgehead atoms. The van der Waals surface area contributed by atoms with E-state index in [4.69, 9.17) is 16.3 Å². The van der Waals surface area contributed by atoms with Gasteiger partial charge in [0, 0.05) is 15.9 Å². The summed E-state index contributed by atoms with van der Waals surface area (Å²) in [6.07, 6.45) is 0. The topological polar surface area (TPSA) is 9.23 Å². The second-order valence-corrected chi connectivity index (χ2v) is 5.25. The predicted octanol–water partition coefficient (Wildman–Crippen LogP) is 5.64. The van der Waals surface area contributed by atoms with Crippen molar-refractivity contribution in [3.8, 4) is 11.5 Å². The van der Waals surface area contributed by atoms with Crippen LogP contribution in [0.3, 0.4) is 0 Å². The molecule has 0 aliphatic rings. The van der Waals surface area contributed by atoms with E-state index in [2.05, 4.69) is 28.9 Å². The molecule has 0 radical (unpaired) electrons. The van der Waals surface area contributed by atoms with Crippen LogP contribution in [0.15, 0.2) is 36.4 Å². The zero-order valence-electron chi connectivity index (χ0n) is 10.3. The van der Waals surface area contributed by atoms with Crippen molar-refractivity contribution >= 4 is 27.5 Å². The highest BCUT2D eigenvalue weighted by Gasteiger charge is 2.07. The van der Waals surface area contributed by atoms with Gasteiger partial charge in [-0.05, 0) is 37.6 Å². The van der Waals surface area contributed by atoms with Crippen LogP contribution in [0.4, 0.5) is 0 Å². The first-order chi connectivity index (χ1) is 8.60. The van der Waals surface area contributed by atoms with Crippen LogP contribution >= 0.6 is 27.5 Å². The molecule has 2 aromatic rings. The van der Waals surface area contributed by atoms with Gasteiger partial charge in [0.2, 0.25) is 0 Å². The zero-order valence-corrected chi connectivity index (χ0v) is 12.7. The molecule has 0 saturated heterocycles. The number of alkyl halides is 1. The van der Waals surface area contributed by atoms with Crippen LogP contribution in [0.25, 0.3) is 0 Å². The highest BCUT2D eigenvalue weighted by Crippen LogP contribution is 2.31. The Kier molecular flexibility index (Phi) is 4.31. The number of hydrogen-bond donors (Lipinski definition) is 0. The third-order valence-electron chi connectivity index (χ3n) is 2.73. The van der Waals surface area contributed by atoms with Gasteiger partial charge in [-0.15, -0.1) is 0 Å². The first kappa shape index (κ1) is 13.4. The van der Waals surface area contributed by atoms with Crippen molar-refractivity contribution in [1.29, 1.82) is 0 Å².